The van der Waals surface area contributed by atoms with Gasteiger partial charge in [0.25, 0.3) is 0 Å². The van der Waals surface area contributed by atoms with Gasteiger partial charge in [-0.15, -0.1) is 0 Å². The molecular formula is C9H16N2O2. The second-order valence-corrected chi connectivity index (χ2v) is 3.86. The van der Waals surface area contributed by atoms with E-state index >= 15 is 0 Å². The Labute approximate surface area is 78.1 Å². The van der Waals surface area contributed by atoms with E-state index in [1.165, 1.54) is 0 Å². The molecule has 2 unspecified atom stereocenters. The van der Waals surface area contributed by atoms with Crippen LogP contribution in [0, 0.1) is 11.8 Å². The minimum atomic E-state index is -0.338. The average molecular weight is 184 g/mol. The number of nitrogens with one attached hydrogen (secondary N) is 2. The normalized spacial score (nSPS) is 27.5. The van der Waals surface area contributed by atoms with Crippen LogP contribution in [-0.2, 0) is 9.59 Å². The Morgan fingerprint density at radius 1 is 1.62 bits per heavy atom. The maximum absolute atomic E-state index is 11.3. The molecule has 1 rings (SSSR count). The Kier molecular flexibility index (Phi) is 2.90. The molecule has 2 amide bonds. The first-order valence-electron chi connectivity index (χ1n) is 4.60. The largest absolute Gasteiger partial charge is 0.354 e. The Bertz CT molecular complexity index is 226. The predicted octanol–water partition coefficient (Wildman–Crippen LogP) is -0.107. The van der Waals surface area contributed by atoms with Crippen molar-refractivity contribution in [2.45, 2.75) is 26.8 Å². The van der Waals surface area contributed by atoms with Crippen LogP contribution in [0.25, 0.3) is 0 Å². The van der Waals surface area contributed by atoms with Crippen molar-refractivity contribution in [1.29, 1.82) is 0 Å². The van der Waals surface area contributed by atoms with Crippen molar-refractivity contribution in [1.82, 2.24) is 10.6 Å². The summed E-state index contributed by atoms with van der Waals surface area (Å²) in [5.41, 5.74) is 0. The number of carbonyl (C=O) groups is 2. The molecule has 0 bridgehead atoms. The van der Waals surface area contributed by atoms with E-state index in [1.807, 2.05) is 20.8 Å². The molecule has 0 aromatic heterocycles. The van der Waals surface area contributed by atoms with E-state index in [9.17, 15) is 9.59 Å². The van der Waals surface area contributed by atoms with Gasteiger partial charge in [0.1, 0.15) is 6.04 Å². The maximum atomic E-state index is 11.3. The number of carbonyl (C=O) groups excluding carboxylic acids is 2. The zero-order valence-electron chi connectivity index (χ0n) is 8.26. The topological polar surface area (TPSA) is 58.2 Å². The molecule has 0 saturated carbocycles. The Morgan fingerprint density at radius 3 is 2.62 bits per heavy atom. The molecule has 0 radical (unpaired) electrons. The number of hydrogen-bond donors (Lipinski definition) is 2. The summed E-state index contributed by atoms with van der Waals surface area (Å²) in [6.07, 6.45) is 0. The summed E-state index contributed by atoms with van der Waals surface area (Å²) in [5.74, 6) is -0.00815. The zero-order valence-corrected chi connectivity index (χ0v) is 8.26. The van der Waals surface area contributed by atoms with Crippen molar-refractivity contribution in [2.24, 2.45) is 11.8 Å². The molecule has 4 heteroatoms. The van der Waals surface area contributed by atoms with E-state index in [0.717, 1.165) is 0 Å². The van der Waals surface area contributed by atoms with Crippen LogP contribution in [0.15, 0.2) is 0 Å². The lowest BCUT2D eigenvalue weighted by atomic mass is 10.1. The van der Waals surface area contributed by atoms with E-state index < -0.39 is 0 Å². The molecule has 1 saturated heterocycles. The molecule has 0 aromatic carbocycles. The molecule has 1 aliphatic rings. The SMILES string of the molecule is CC(C)C(=O)NC1C(=O)NCC1C. The van der Waals surface area contributed by atoms with Gasteiger partial charge in [-0.3, -0.25) is 9.59 Å². The molecule has 1 aliphatic heterocycles. The van der Waals surface area contributed by atoms with Gasteiger partial charge < -0.3 is 10.6 Å². The molecule has 0 aliphatic carbocycles. The molecule has 1 fully saturated rings. The summed E-state index contributed by atoms with van der Waals surface area (Å²) in [7, 11) is 0. The fraction of sp³-hybridized carbons (Fsp3) is 0.778. The first kappa shape index (κ1) is 10.0. The third-order valence-corrected chi connectivity index (χ3v) is 2.27. The highest BCUT2D eigenvalue weighted by Gasteiger charge is 2.32. The van der Waals surface area contributed by atoms with Crippen LogP contribution in [0.1, 0.15) is 20.8 Å². The van der Waals surface area contributed by atoms with E-state index in [0.29, 0.717) is 6.54 Å². The van der Waals surface area contributed by atoms with Gasteiger partial charge in [0.2, 0.25) is 11.8 Å². The van der Waals surface area contributed by atoms with Gasteiger partial charge in [0.15, 0.2) is 0 Å². The van der Waals surface area contributed by atoms with Crippen molar-refractivity contribution in [3.8, 4) is 0 Å². The summed E-state index contributed by atoms with van der Waals surface area (Å²) >= 11 is 0. The average Bonchev–Trinajstić information content (AvgIpc) is 2.35. The molecule has 0 spiro atoms. The number of rotatable bonds is 2. The van der Waals surface area contributed by atoms with E-state index in [-0.39, 0.29) is 29.7 Å². The highest BCUT2D eigenvalue weighted by molar-refractivity contribution is 5.89. The fourth-order valence-electron chi connectivity index (χ4n) is 1.28. The van der Waals surface area contributed by atoms with Crippen LogP contribution < -0.4 is 10.6 Å². The number of hydrogen-bond acceptors (Lipinski definition) is 2. The molecule has 13 heavy (non-hydrogen) atoms. The molecule has 2 N–H and O–H groups in total. The standard InChI is InChI=1S/C9H16N2O2/c1-5(2)8(12)11-7-6(3)4-10-9(7)13/h5-7H,4H2,1-3H3,(H,10,13)(H,11,12). The van der Waals surface area contributed by atoms with E-state index in [1.54, 1.807) is 0 Å². The van der Waals surface area contributed by atoms with Gasteiger partial charge in [-0.05, 0) is 0 Å². The van der Waals surface area contributed by atoms with Crippen molar-refractivity contribution in [3.63, 3.8) is 0 Å². The van der Waals surface area contributed by atoms with Crippen LogP contribution in [0.2, 0.25) is 0 Å². The lowest BCUT2D eigenvalue weighted by molar-refractivity contribution is -0.129. The quantitative estimate of drug-likeness (QED) is 0.629. The Morgan fingerprint density at radius 2 is 2.23 bits per heavy atom. The van der Waals surface area contributed by atoms with E-state index in [4.69, 9.17) is 0 Å². The summed E-state index contributed by atoms with van der Waals surface area (Å²) < 4.78 is 0. The zero-order chi connectivity index (χ0) is 10.0. The van der Waals surface area contributed by atoms with Crippen LogP contribution in [0.3, 0.4) is 0 Å². The minimum Gasteiger partial charge on any atom is -0.354 e. The van der Waals surface area contributed by atoms with Crippen LogP contribution >= 0.6 is 0 Å². The van der Waals surface area contributed by atoms with Crippen molar-refractivity contribution in [2.75, 3.05) is 6.54 Å². The number of amides is 2. The predicted molar refractivity (Wildman–Crippen MR) is 48.9 cm³/mol. The molecule has 4 nitrogen and oxygen atoms in total. The lowest BCUT2D eigenvalue weighted by Gasteiger charge is -2.15. The molecule has 74 valence electrons. The molecule has 1 heterocycles. The Balaban J connectivity index is 2.52. The minimum absolute atomic E-state index is 0.0612. The van der Waals surface area contributed by atoms with Gasteiger partial charge >= 0.3 is 0 Å². The second kappa shape index (κ2) is 3.77. The summed E-state index contributed by atoms with van der Waals surface area (Å²) in [6.45, 7) is 6.23. The van der Waals surface area contributed by atoms with E-state index in [2.05, 4.69) is 10.6 Å². The van der Waals surface area contributed by atoms with Gasteiger partial charge in [0, 0.05) is 18.4 Å². The molecular weight excluding hydrogens is 168 g/mol. The van der Waals surface area contributed by atoms with Crippen molar-refractivity contribution in [3.05, 3.63) is 0 Å². The van der Waals surface area contributed by atoms with Crippen molar-refractivity contribution >= 4 is 11.8 Å². The molecule has 2 atom stereocenters. The third kappa shape index (κ3) is 2.20. The fourth-order valence-corrected chi connectivity index (χ4v) is 1.28. The maximum Gasteiger partial charge on any atom is 0.242 e. The lowest BCUT2D eigenvalue weighted by Crippen LogP contribution is -2.44. The van der Waals surface area contributed by atoms with Crippen molar-refractivity contribution < 1.29 is 9.59 Å². The van der Waals surface area contributed by atoms with Crippen LogP contribution in [0.5, 0.6) is 0 Å². The first-order chi connectivity index (χ1) is 6.02. The summed E-state index contributed by atoms with van der Waals surface area (Å²) in [4.78, 5) is 22.5. The highest BCUT2D eigenvalue weighted by atomic mass is 16.2. The first-order valence-corrected chi connectivity index (χ1v) is 4.60. The van der Waals surface area contributed by atoms with Gasteiger partial charge in [-0.1, -0.05) is 20.8 Å². The van der Waals surface area contributed by atoms with Crippen LogP contribution in [-0.4, -0.2) is 24.4 Å². The third-order valence-electron chi connectivity index (χ3n) is 2.27. The van der Waals surface area contributed by atoms with Crippen LogP contribution in [0.4, 0.5) is 0 Å². The monoisotopic (exact) mass is 184 g/mol. The second-order valence-electron chi connectivity index (χ2n) is 3.86. The summed E-state index contributed by atoms with van der Waals surface area (Å²) in [6, 6.07) is -0.338. The summed E-state index contributed by atoms with van der Waals surface area (Å²) in [5, 5.41) is 5.44. The van der Waals surface area contributed by atoms with Gasteiger partial charge in [-0.2, -0.15) is 0 Å². The van der Waals surface area contributed by atoms with Gasteiger partial charge in [0.05, 0.1) is 0 Å². The van der Waals surface area contributed by atoms with Gasteiger partial charge in [-0.25, -0.2) is 0 Å². The Hall–Kier alpha value is -1.06. The highest BCUT2D eigenvalue weighted by Crippen LogP contribution is 2.09. The smallest absolute Gasteiger partial charge is 0.242 e. The molecule has 0 aromatic rings.